The van der Waals surface area contributed by atoms with Crippen molar-refractivity contribution in [1.82, 2.24) is 15.6 Å². The van der Waals surface area contributed by atoms with Gasteiger partial charge >= 0.3 is 0 Å². The maximum Gasteiger partial charge on any atom is 0.147 e. The number of aromatic nitrogens is 1. The van der Waals surface area contributed by atoms with Gasteiger partial charge in [-0.2, -0.15) is 0 Å². The van der Waals surface area contributed by atoms with Crippen molar-refractivity contribution in [3.05, 3.63) is 119 Å². The smallest absolute Gasteiger partial charge is 0.147 e. The van der Waals surface area contributed by atoms with E-state index in [1.807, 2.05) is 67.6 Å². The van der Waals surface area contributed by atoms with Gasteiger partial charge in [-0.3, -0.25) is 4.99 Å². The van der Waals surface area contributed by atoms with E-state index in [-0.39, 0.29) is 5.75 Å². The molecule has 0 aliphatic heterocycles. The summed E-state index contributed by atoms with van der Waals surface area (Å²) in [7, 11) is 0. The lowest BCUT2D eigenvalue weighted by Crippen LogP contribution is -2.34. The molecule has 7 heteroatoms. The summed E-state index contributed by atoms with van der Waals surface area (Å²) in [4.78, 5) is 9.65. The minimum atomic E-state index is 0.253. The molecule has 2 aromatic carbocycles. The number of hydrogen-bond donors (Lipinski definition) is 5. The predicted octanol–water partition coefficient (Wildman–Crippen LogP) is 3.38. The second-order valence-corrected chi connectivity index (χ2v) is 8.33. The van der Waals surface area contributed by atoms with E-state index in [9.17, 15) is 5.11 Å². The molecule has 0 bridgehead atoms. The van der Waals surface area contributed by atoms with Crippen LogP contribution >= 0.6 is 0 Å². The highest BCUT2D eigenvalue weighted by Gasteiger charge is 2.10. The van der Waals surface area contributed by atoms with Crippen LogP contribution in [0.1, 0.15) is 35.0 Å². The van der Waals surface area contributed by atoms with Crippen molar-refractivity contribution in [3.63, 3.8) is 0 Å². The third-order valence-corrected chi connectivity index (χ3v) is 5.48. The molecule has 1 aromatic heterocycles. The summed E-state index contributed by atoms with van der Waals surface area (Å²) < 4.78 is 0. The number of rotatable bonds is 12. The lowest BCUT2D eigenvalue weighted by molar-refractivity contribution is 0.475. The number of amidine groups is 1. The molecule has 0 fully saturated rings. The second-order valence-electron chi connectivity index (χ2n) is 8.33. The molecule has 3 aromatic rings. The van der Waals surface area contributed by atoms with Gasteiger partial charge < -0.3 is 27.2 Å². The Balaban J connectivity index is 1.82. The van der Waals surface area contributed by atoms with E-state index in [1.165, 1.54) is 0 Å². The summed E-state index contributed by atoms with van der Waals surface area (Å²) >= 11 is 0. The van der Waals surface area contributed by atoms with Gasteiger partial charge in [0.2, 0.25) is 0 Å². The molecular weight excluding hydrogens is 448 g/mol. The molecule has 188 valence electrons. The third kappa shape index (κ3) is 8.69. The summed E-state index contributed by atoms with van der Waals surface area (Å²) in [6.45, 7) is 4.61. The van der Waals surface area contributed by atoms with Crippen molar-refractivity contribution in [2.45, 2.75) is 26.4 Å². The first-order valence-electron chi connectivity index (χ1n) is 12.2. The number of aromatic hydroxyl groups is 1. The van der Waals surface area contributed by atoms with Gasteiger partial charge in [0.15, 0.2) is 0 Å². The van der Waals surface area contributed by atoms with Gasteiger partial charge in [-0.15, -0.1) is 0 Å². The fraction of sp³-hybridized carbons (Fsp3) is 0.241. The number of hydrogen-bond acceptors (Lipinski definition) is 6. The monoisotopic (exact) mass is 484 g/mol. The normalized spacial score (nSPS) is 12.2. The summed E-state index contributed by atoms with van der Waals surface area (Å²) in [5, 5.41) is 16.4. The number of phenols is 1. The summed E-state index contributed by atoms with van der Waals surface area (Å²) in [5.74, 6) is 0.970. The Hall–Kier alpha value is -3.94. The maximum atomic E-state index is 9.60. The van der Waals surface area contributed by atoms with Crippen LogP contribution in [0.5, 0.6) is 5.75 Å². The summed E-state index contributed by atoms with van der Waals surface area (Å²) in [5.41, 5.74) is 17.6. The molecule has 3 rings (SSSR count). The number of nitrogens with zero attached hydrogens (tertiary/aromatic N) is 2. The zero-order chi connectivity index (χ0) is 25.6. The Bertz CT molecular complexity index is 1170. The van der Waals surface area contributed by atoms with E-state index >= 15 is 0 Å². The number of nitrogens with two attached hydrogens (primary N) is 2. The van der Waals surface area contributed by atoms with Crippen molar-refractivity contribution in [2.75, 3.05) is 19.6 Å². The van der Waals surface area contributed by atoms with Gasteiger partial charge in [0.1, 0.15) is 17.3 Å². The van der Waals surface area contributed by atoms with E-state index in [4.69, 9.17) is 21.4 Å². The van der Waals surface area contributed by atoms with Gasteiger partial charge in [-0.05, 0) is 60.4 Å². The third-order valence-electron chi connectivity index (χ3n) is 5.48. The molecule has 36 heavy (non-hydrogen) atoms. The van der Waals surface area contributed by atoms with Gasteiger partial charge in [0.25, 0.3) is 0 Å². The molecule has 0 atom stereocenters. The molecule has 0 aliphatic rings. The Morgan fingerprint density at radius 2 is 1.69 bits per heavy atom. The van der Waals surface area contributed by atoms with E-state index in [1.54, 1.807) is 12.1 Å². The summed E-state index contributed by atoms with van der Waals surface area (Å²) in [6, 6.07) is 21.4. The Labute approximate surface area is 213 Å². The Kier molecular flexibility index (Phi) is 10.7. The summed E-state index contributed by atoms with van der Waals surface area (Å²) in [6.07, 6.45) is 6.61. The van der Waals surface area contributed by atoms with Crippen molar-refractivity contribution in [3.8, 4) is 5.75 Å². The average Bonchev–Trinajstić information content (AvgIpc) is 2.91. The molecule has 0 radical (unpaired) electrons. The van der Waals surface area contributed by atoms with Crippen LogP contribution in [-0.2, 0) is 19.5 Å². The molecule has 0 aliphatic carbocycles. The Morgan fingerprint density at radius 3 is 2.39 bits per heavy atom. The number of phenolic OH excluding ortho intramolecular Hbond substituents is 1. The number of pyridine rings is 1. The number of benzene rings is 2. The molecule has 1 heterocycles. The fourth-order valence-corrected chi connectivity index (χ4v) is 3.62. The van der Waals surface area contributed by atoms with Crippen molar-refractivity contribution in [2.24, 2.45) is 16.5 Å². The number of aliphatic imine (C=N–C) groups is 1. The quantitative estimate of drug-likeness (QED) is 0.116. The van der Waals surface area contributed by atoms with Crippen molar-refractivity contribution >= 4 is 5.84 Å². The molecule has 7 N–H and O–H groups in total. The van der Waals surface area contributed by atoms with Crippen LogP contribution in [-0.4, -0.2) is 35.6 Å². The predicted molar refractivity (Wildman–Crippen MR) is 148 cm³/mol. The van der Waals surface area contributed by atoms with Gasteiger partial charge in [0, 0.05) is 31.9 Å². The minimum absolute atomic E-state index is 0.253. The zero-order valence-corrected chi connectivity index (χ0v) is 20.8. The van der Waals surface area contributed by atoms with Gasteiger partial charge in [-0.1, -0.05) is 54.6 Å². The first-order chi connectivity index (χ1) is 17.6. The fourth-order valence-electron chi connectivity index (χ4n) is 3.62. The molecule has 0 spiro atoms. The highest BCUT2D eigenvalue weighted by atomic mass is 16.3. The van der Waals surface area contributed by atoms with Gasteiger partial charge in [-0.25, -0.2) is 4.98 Å². The maximum absolute atomic E-state index is 9.60. The zero-order valence-electron chi connectivity index (χ0n) is 20.8. The highest BCUT2D eigenvalue weighted by Crippen LogP contribution is 2.16. The first-order valence-corrected chi connectivity index (χ1v) is 12.2. The SMILES string of the molecule is C/C=C\C=C(\CN)NCCNC(=NCc1ccccc1)c1cc(Cc2ccc(O)cc2)cc(CN)n1. The van der Waals surface area contributed by atoms with Crippen LogP contribution < -0.4 is 22.1 Å². The standard InChI is InChI=1S/C29H36N6O/c1-2-3-9-25(19-30)32-14-15-33-29(34-21-23-7-5-4-6-8-23)28-18-24(17-26(20-31)35-28)16-22-10-12-27(36)13-11-22/h2-13,17-18,32,36H,14-16,19-21,30-31H2,1H3,(H,33,34)/b3-2-,25-9-. The van der Waals surface area contributed by atoms with Crippen LogP contribution in [0, 0.1) is 0 Å². The van der Waals surface area contributed by atoms with Gasteiger partial charge in [0.05, 0.1) is 12.2 Å². The van der Waals surface area contributed by atoms with Crippen LogP contribution in [0.3, 0.4) is 0 Å². The minimum Gasteiger partial charge on any atom is -0.508 e. The first kappa shape index (κ1) is 26.7. The lowest BCUT2D eigenvalue weighted by atomic mass is 10.0. The average molecular weight is 485 g/mol. The Morgan fingerprint density at radius 1 is 0.944 bits per heavy atom. The van der Waals surface area contributed by atoms with E-state index in [0.717, 1.165) is 39.6 Å². The van der Waals surface area contributed by atoms with E-state index < -0.39 is 0 Å². The molecule has 0 saturated carbocycles. The second kappa shape index (κ2) is 14.5. The largest absolute Gasteiger partial charge is 0.508 e. The van der Waals surface area contributed by atoms with E-state index in [0.29, 0.717) is 39.1 Å². The molecule has 0 amide bonds. The van der Waals surface area contributed by atoms with Crippen LogP contribution in [0.15, 0.2) is 95.6 Å². The van der Waals surface area contributed by atoms with E-state index in [2.05, 4.69) is 22.8 Å². The van der Waals surface area contributed by atoms with Crippen LogP contribution in [0.2, 0.25) is 0 Å². The molecule has 0 unspecified atom stereocenters. The highest BCUT2D eigenvalue weighted by molar-refractivity contribution is 5.97. The number of nitrogens with one attached hydrogen (secondary N) is 2. The topological polar surface area (TPSA) is 122 Å². The molecule has 7 nitrogen and oxygen atoms in total. The number of allylic oxidation sites excluding steroid dienone is 3. The molecular formula is C29H36N6O. The lowest BCUT2D eigenvalue weighted by Gasteiger charge is -2.14. The van der Waals surface area contributed by atoms with Crippen molar-refractivity contribution < 1.29 is 5.11 Å². The van der Waals surface area contributed by atoms with Crippen molar-refractivity contribution in [1.29, 1.82) is 0 Å². The van der Waals surface area contributed by atoms with Crippen LogP contribution in [0.4, 0.5) is 0 Å². The molecule has 0 saturated heterocycles. The van der Waals surface area contributed by atoms with Crippen LogP contribution in [0.25, 0.3) is 0 Å².